The number of aryl methyl sites for hydroxylation is 1. The Labute approximate surface area is 755 Å². The zero-order valence-electron chi connectivity index (χ0n) is 70.4. The Kier molecular flexibility index (Phi) is 21.6. The molecule has 0 amide bonds. The quantitative estimate of drug-likeness (QED) is 0.0638. The summed E-state index contributed by atoms with van der Waals surface area (Å²) in [6.45, 7) is 3.50. The van der Waals surface area contributed by atoms with Crippen molar-refractivity contribution in [3.63, 3.8) is 0 Å². The SMILES string of the molecule is CNc1ncnc2c1ccn2[C@@H]1C[C@@]2(CO[C@@H](c3ccc4cc(Br)c(N)nc4c3)C2)[C@@H](O)[C@H]1O.Cc1ncnc2c1ccn2[C@@H]1C[C@@]2(CO[C@@H](c3ccc4ccc(N)nc4c3)C2)[C@@H](O)[C@H]1O.Nc1ccc2ccc([C@H]3C[C@@]4(CO3)C[C@@H](n3ccc5cccnc53)[C@H](O)[C@@H]4O)cc2n1.Nc1nc2cc([C@H]3C[C@@]4(CO3)C[C@@H](n3ccc5cccnc53)[C@H](O)[C@@H]4O)ccc2cc1Br. The van der Waals surface area contributed by atoms with Crippen molar-refractivity contribution in [1.29, 1.82) is 0 Å². The number of ether oxygens (including phenoxy) is 4. The number of aromatic nitrogens is 14. The minimum absolute atomic E-state index is 0.159. The monoisotopic (exact) mass is 1870 g/mol. The number of nitrogen functional groups attached to an aromatic ring is 4. The summed E-state index contributed by atoms with van der Waals surface area (Å²) in [7, 11) is 1.81. The van der Waals surface area contributed by atoms with Crippen LogP contribution in [0, 0.1) is 28.6 Å². The van der Waals surface area contributed by atoms with E-state index in [9.17, 15) is 40.9 Å². The van der Waals surface area contributed by atoms with Crippen LogP contribution in [0.1, 0.15) is 128 Å². The fourth-order valence-corrected chi connectivity index (χ4v) is 22.7. The van der Waals surface area contributed by atoms with Crippen molar-refractivity contribution in [2.75, 3.05) is 61.7 Å². The number of anilines is 5. The summed E-state index contributed by atoms with van der Waals surface area (Å²) in [6, 6.07) is 50.2. The second-order valence-electron chi connectivity index (χ2n) is 36.4. The zero-order valence-corrected chi connectivity index (χ0v) is 73.6. The first kappa shape index (κ1) is 84.5. The Morgan fingerprint density at radius 3 is 1.08 bits per heavy atom. The van der Waals surface area contributed by atoms with Gasteiger partial charge in [0.05, 0.1) is 142 Å². The first-order valence-electron chi connectivity index (χ1n) is 43.4. The van der Waals surface area contributed by atoms with Crippen LogP contribution in [0.4, 0.5) is 29.1 Å². The van der Waals surface area contributed by atoms with Gasteiger partial charge < -0.3 is 106 Å². The van der Waals surface area contributed by atoms with Gasteiger partial charge in [0.1, 0.15) is 88.7 Å². The van der Waals surface area contributed by atoms with E-state index in [1.807, 2.05) is 203 Å². The standard InChI is InChI=1S/C24H25BrN6O3.C24H23BrN4O3.C24H25N5O3.C24H24N4O3/c1-27-22-14-4-5-31(23(14)29-11-28-22)17-8-24(20(33)19(17)32)9-18(34-10-24)13-3-2-12-6-15(25)21(26)30-16(12)7-13;25-16-8-14-3-4-15(9-17(14)28-22(16)26)19-11-24(12-32-19)10-18(20(30)21(24)31)29-7-5-13-2-1-6-27-23(13)29;1-13-16-6-7-29(23(16)27-12-26-13)18-9-24(22(31)21(18)30)10-19(32-11-24)15-3-2-14-4-5-20(25)28-17(14)8-15;25-20-6-5-14-3-4-16(10-17(14)27-20)19-12-24(13-31-19)11-18(21(29)22(24)30)28-9-7-15-2-1-8-26-23(15)28/h2-7,11,17-20,32-33H,8-10H2,1H3,(H2,26,30)(H,27,28,29);1-9,18-21,30-31H,10-12H2,(H2,26,28);2-8,12,18-19,21-22,30-31H,9-11H2,1H3,(H2,25,28);1-10,18-19,21-22,29-30H,11-13H2,(H2,25,27)/t17-,18-,19+,20+,24-;18-,19-,20+,21+,24-;2*18-,19-,21+,22+,24-/m1111/s1. The predicted molar refractivity (Wildman–Crippen MR) is 494 cm³/mol. The molecule has 662 valence electrons. The fraction of sp³-hybridized carbons (Fsp3) is 0.354. The number of fused-ring (bicyclic) bond motifs is 8. The molecule has 16 aromatic rings. The zero-order chi connectivity index (χ0) is 88.8. The maximum absolute atomic E-state index is 11.2. The van der Waals surface area contributed by atoms with Crippen molar-refractivity contribution < 1.29 is 59.8 Å². The van der Waals surface area contributed by atoms with Gasteiger partial charge in [-0.1, -0.05) is 48.5 Å². The summed E-state index contributed by atoms with van der Waals surface area (Å²) < 4.78 is 34.2. The number of aliphatic hydroxyl groups is 8. The topological polar surface area (TPSA) is 463 Å². The molecule has 4 saturated heterocycles. The van der Waals surface area contributed by atoms with E-state index in [0.717, 1.165) is 130 Å². The lowest BCUT2D eigenvalue weighted by atomic mass is 9.80. The molecular formula is C96H97Br2N19O12. The highest BCUT2D eigenvalue weighted by atomic mass is 79.9. The van der Waals surface area contributed by atoms with Crippen LogP contribution in [0.15, 0.2) is 217 Å². The summed E-state index contributed by atoms with van der Waals surface area (Å²) in [6.07, 6.45) is 11.4. The first-order valence-corrected chi connectivity index (χ1v) is 45.0. The normalized spacial score (nSPS) is 29.9. The number of halogens is 2. The maximum Gasteiger partial charge on any atom is 0.145 e. The second kappa shape index (κ2) is 32.9. The van der Waals surface area contributed by atoms with Gasteiger partial charge in [0.15, 0.2) is 0 Å². The Balaban J connectivity index is 0.000000104. The first-order chi connectivity index (χ1) is 62.3. The van der Waals surface area contributed by atoms with E-state index in [0.29, 0.717) is 101 Å². The number of nitrogens with zero attached hydrogens (tertiary/aromatic N) is 14. The van der Waals surface area contributed by atoms with Crippen LogP contribution < -0.4 is 28.3 Å². The lowest BCUT2D eigenvalue weighted by Gasteiger charge is -2.26. The van der Waals surface area contributed by atoms with E-state index in [-0.39, 0.29) is 48.6 Å². The highest BCUT2D eigenvalue weighted by Crippen LogP contribution is 2.60. The molecule has 12 aromatic heterocycles. The van der Waals surface area contributed by atoms with Gasteiger partial charge >= 0.3 is 0 Å². The lowest BCUT2D eigenvalue weighted by Crippen LogP contribution is -2.37. The molecule has 0 bridgehead atoms. The molecule has 24 rings (SSSR count). The van der Waals surface area contributed by atoms with Gasteiger partial charge in [-0.15, -0.1) is 0 Å². The van der Waals surface area contributed by atoms with Crippen molar-refractivity contribution in [2.45, 2.75) is 156 Å². The highest BCUT2D eigenvalue weighted by molar-refractivity contribution is 9.11. The number of pyridine rings is 6. The third-order valence-corrected chi connectivity index (χ3v) is 30.2. The molecule has 17 N–H and O–H groups in total. The predicted octanol–water partition coefficient (Wildman–Crippen LogP) is 12.6. The molecule has 16 heterocycles. The molecule has 31 nitrogen and oxygen atoms in total. The Morgan fingerprint density at radius 1 is 0.357 bits per heavy atom. The van der Waals surface area contributed by atoms with Gasteiger partial charge in [0.25, 0.3) is 0 Å². The number of hydrogen-bond acceptors (Lipinski definition) is 27. The van der Waals surface area contributed by atoms with Crippen molar-refractivity contribution in [3.05, 3.63) is 244 Å². The summed E-state index contributed by atoms with van der Waals surface area (Å²) in [5, 5.41) is 99.5. The summed E-state index contributed by atoms with van der Waals surface area (Å²) in [5.41, 5.74) is 32.9. The number of nitrogens with one attached hydrogen (secondary N) is 1. The van der Waals surface area contributed by atoms with E-state index >= 15 is 0 Å². The molecular weight excluding hydrogens is 1770 g/mol. The third-order valence-electron chi connectivity index (χ3n) is 28.9. The third kappa shape index (κ3) is 14.7. The van der Waals surface area contributed by atoms with Crippen molar-refractivity contribution in [1.82, 2.24) is 68.1 Å². The molecule has 129 heavy (non-hydrogen) atoms. The summed E-state index contributed by atoms with van der Waals surface area (Å²) >= 11 is 6.84. The number of hydrogen-bond donors (Lipinski definition) is 13. The van der Waals surface area contributed by atoms with E-state index in [1.165, 1.54) is 12.7 Å². The average Bonchev–Trinajstić information content (AvgIpc) is 1.59. The molecule has 8 fully saturated rings. The summed E-state index contributed by atoms with van der Waals surface area (Å²) in [5.74, 6) is 2.58. The van der Waals surface area contributed by atoms with Crippen molar-refractivity contribution in [2.24, 2.45) is 21.7 Å². The van der Waals surface area contributed by atoms with Crippen molar-refractivity contribution >= 4 is 149 Å². The van der Waals surface area contributed by atoms with Gasteiger partial charge in [0, 0.05) is 104 Å². The molecule has 20 atom stereocenters. The molecule has 0 radical (unpaired) electrons. The van der Waals surface area contributed by atoms with Crippen LogP contribution in [0.3, 0.4) is 0 Å². The van der Waals surface area contributed by atoms with Crippen LogP contribution in [0.5, 0.6) is 0 Å². The van der Waals surface area contributed by atoms with E-state index in [4.69, 9.17) is 41.9 Å². The largest absolute Gasteiger partial charge is 0.390 e. The average molecular weight is 1870 g/mol. The molecule has 8 aliphatic rings. The fourth-order valence-electron chi connectivity index (χ4n) is 22.0. The smallest absolute Gasteiger partial charge is 0.145 e. The van der Waals surface area contributed by atoms with Gasteiger partial charge in [-0.25, -0.2) is 49.8 Å². The second-order valence-corrected chi connectivity index (χ2v) is 38.1. The van der Waals surface area contributed by atoms with Gasteiger partial charge in [-0.05, 0) is 222 Å². The Hall–Kier alpha value is -11.4. The van der Waals surface area contributed by atoms with E-state index in [2.05, 4.69) is 87.0 Å². The van der Waals surface area contributed by atoms with Crippen LogP contribution in [0.25, 0.3) is 87.7 Å². The molecule has 4 saturated carbocycles. The molecule has 4 aliphatic carbocycles. The minimum Gasteiger partial charge on any atom is -0.390 e. The Bertz CT molecular complexity index is 7030. The van der Waals surface area contributed by atoms with E-state index in [1.54, 1.807) is 24.5 Å². The maximum atomic E-state index is 11.2. The van der Waals surface area contributed by atoms with Gasteiger partial charge in [0.2, 0.25) is 0 Å². The van der Waals surface area contributed by atoms with Gasteiger partial charge in [-0.2, -0.15) is 0 Å². The highest BCUT2D eigenvalue weighted by Gasteiger charge is 2.61. The molecule has 4 spiro atoms. The number of aliphatic hydroxyl groups excluding tert-OH is 8. The lowest BCUT2D eigenvalue weighted by molar-refractivity contribution is -0.0309. The van der Waals surface area contributed by atoms with Crippen molar-refractivity contribution in [3.8, 4) is 0 Å². The van der Waals surface area contributed by atoms with Crippen LogP contribution >= 0.6 is 31.9 Å². The Morgan fingerprint density at radius 2 is 0.690 bits per heavy atom. The minimum atomic E-state index is -0.929. The van der Waals surface area contributed by atoms with Crippen LogP contribution in [-0.4, -0.2) is 191 Å². The molecule has 0 unspecified atom stereocenters. The molecule has 33 heteroatoms. The summed E-state index contributed by atoms with van der Waals surface area (Å²) in [4.78, 5) is 44.1. The molecule has 4 aromatic carbocycles. The van der Waals surface area contributed by atoms with Crippen LogP contribution in [-0.2, 0) is 18.9 Å². The van der Waals surface area contributed by atoms with Gasteiger partial charge in [-0.3, -0.25) is 0 Å². The number of benzene rings is 4. The van der Waals surface area contributed by atoms with E-state index < -0.39 is 70.5 Å². The van der Waals surface area contributed by atoms with Crippen LogP contribution in [0.2, 0.25) is 0 Å². The number of rotatable bonds is 9. The number of nitrogens with two attached hydrogens (primary N) is 4. The molecule has 4 aliphatic heterocycles.